The lowest BCUT2D eigenvalue weighted by molar-refractivity contribution is 0.111. The number of hydrogen-bond donors (Lipinski definition) is 0. The molecule has 2 aromatic rings. The monoisotopic (exact) mass is 198 g/mol. The van der Waals surface area contributed by atoms with Crippen LogP contribution in [0.4, 0.5) is 0 Å². The maximum Gasteiger partial charge on any atom is 0.166 e. The number of aldehydes is 1. The third-order valence-electron chi connectivity index (χ3n) is 2.72. The van der Waals surface area contributed by atoms with Gasteiger partial charge < -0.3 is 4.57 Å². The van der Waals surface area contributed by atoms with Gasteiger partial charge in [-0.2, -0.15) is 0 Å². The van der Waals surface area contributed by atoms with Gasteiger partial charge in [0, 0.05) is 18.4 Å². The minimum Gasteiger partial charge on any atom is -0.324 e. The predicted molar refractivity (Wildman–Crippen MR) is 58.2 cm³/mol. The Bertz CT molecular complexity index is 546. The molecule has 74 valence electrons. The molecule has 0 saturated heterocycles. The lowest BCUT2D eigenvalue weighted by atomic mass is 10.4. The lowest BCUT2D eigenvalue weighted by Gasteiger charge is -2.08. The van der Waals surface area contributed by atoms with Crippen LogP contribution in [0.15, 0.2) is 36.5 Å². The molecule has 0 aromatic carbocycles. The molecule has 1 aliphatic heterocycles. The van der Waals surface area contributed by atoms with E-state index < -0.39 is 0 Å². The van der Waals surface area contributed by atoms with Crippen LogP contribution in [0.25, 0.3) is 11.9 Å². The molecule has 0 N–H and O–H groups in total. The molecule has 0 bridgehead atoms. The summed E-state index contributed by atoms with van der Waals surface area (Å²) in [6, 6.07) is 7.79. The van der Waals surface area contributed by atoms with E-state index in [0.717, 1.165) is 18.6 Å². The summed E-state index contributed by atoms with van der Waals surface area (Å²) in [5, 5.41) is 0. The van der Waals surface area contributed by atoms with E-state index in [9.17, 15) is 4.79 Å². The first-order chi connectivity index (χ1) is 7.40. The van der Waals surface area contributed by atoms with Crippen LogP contribution in [0, 0.1) is 0 Å². The third kappa shape index (κ3) is 1.09. The molecule has 0 aliphatic carbocycles. The SMILES string of the molecule is O=Cc1cccn1-c1ccc2n1CC=C2. The summed E-state index contributed by atoms with van der Waals surface area (Å²) in [6.45, 7) is 0.883. The minimum absolute atomic E-state index is 0.683. The Morgan fingerprint density at radius 1 is 1.27 bits per heavy atom. The van der Waals surface area contributed by atoms with Crippen molar-refractivity contribution >= 4 is 12.4 Å². The van der Waals surface area contributed by atoms with Crippen molar-refractivity contribution in [1.29, 1.82) is 0 Å². The molecule has 1 aliphatic rings. The molecule has 0 radical (unpaired) electrons. The lowest BCUT2D eigenvalue weighted by Crippen LogP contribution is -2.05. The number of carbonyl (C=O) groups is 1. The van der Waals surface area contributed by atoms with Gasteiger partial charge in [-0.1, -0.05) is 6.08 Å². The van der Waals surface area contributed by atoms with E-state index in [4.69, 9.17) is 0 Å². The minimum atomic E-state index is 0.683. The van der Waals surface area contributed by atoms with Gasteiger partial charge in [0.05, 0.1) is 5.69 Å². The quantitative estimate of drug-likeness (QED) is 0.679. The molecular formula is C12H10N2O. The average Bonchev–Trinajstić information content (AvgIpc) is 2.92. The highest BCUT2D eigenvalue weighted by Gasteiger charge is 2.12. The maximum absolute atomic E-state index is 10.8. The van der Waals surface area contributed by atoms with Crippen LogP contribution in [0.3, 0.4) is 0 Å². The van der Waals surface area contributed by atoms with Crippen LogP contribution in [0.2, 0.25) is 0 Å². The van der Waals surface area contributed by atoms with Crippen LogP contribution >= 0.6 is 0 Å². The fourth-order valence-corrected chi connectivity index (χ4v) is 2.00. The number of nitrogens with zero attached hydrogens (tertiary/aromatic N) is 2. The maximum atomic E-state index is 10.8. The van der Waals surface area contributed by atoms with Crippen molar-refractivity contribution in [3.8, 4) is 5.82 Å². The van der Waals surface area contributed by atoms with E-state index in [0.29, 0.717) is 5.69 Å². The summed E-state index contributed by atoms with van der Waals surface area (Å²) in [5.41, 5.74) is 1.87. The topological polar surface area (TPSA) is 26.9 Å². The standard InChI is InChI=1S/C12H10N2O/c15-9-11-4-2-8-14(11)12-6-5-10-3-1-7-13(10)12/h1-6,8-9H,7H2. The second-order valence-corrected chi connectivity index (χ2v) is 3.55. The van der Waals surface area contributed by atoms with Crippen LogP contribution < -0.4 is 0 Å². The Morgan fingerprint density at radius 3 is 3.07 bits per heavy atom. The van der Waals surface area contributed by atoms with Crippen molar-refractivity contribution < 1.29 is 4.79 Å². The fraction of sp³-hybridized carbons (Fsp3) is 0.0833. The van der Waals surface area contributed by atoms with Gasteiger partial charge in [-0.3, -0.25) is 9.36 Å². The highest BCUT2D eigenvalue weighted by Crippen LogP contribution is 2.21. The summed E-state index contributed by atoms with van der Waals surface area (Å²) in [6.07, 6.45) is 6.99. The molecular weight excluding hydrogens is 188 g/mol. The van der Waals surface area contributed by atoms with Crippen molar-refractivity contribution in [3.05, 3.63) is 47.9 Å². The normalized spacial score (nSPS) is 13.1. The molecule has 3 heteroatoms. The molecule has 2 aromatic heterocycles. The molecule has 0 spiro atoms. The van der Waals surface area contributed by atoms with Crippen molar-refractivity contribution in [2.45, 2.75) is 6.54 Å². The number of carbonyl (C=O) groups excluding carboxylic acids is 1. The average molecular weight is 198 g/mol. The first kappa shape index (κ1) is 8.29. The van der Waals surface area contributed by atoms with Crippen LogP contribution in [0.5, 0.6) is 0 Å². The second-order valence-electron chi connectivity index (χ2n) is 3.55. The third-order valence-corrected chi connectivity index (χ3v) is 2.72. The molecule has 3 nitrogen and oxygen atoms in total. The largest absolute Gasteiger partial charge is 0.324 e. The second kappa shape index (κ2) is 2.98. The summed E-state index contributed by atoms with van der Waals surface area (Å²) in [7, 11) is 0. The van der Waals surface area contributed by atoms with Crippen molar-refractivity contribution in [1.82, 2.24) is 9.13 Å². The number of allylic oxidation sites excluding steroid dienone is 1. The molecule has 0 fully saturated rings. The van der Waals surface area contributed by atoms with Crippen molar-refractivity contribution in [3.63, 3.8) is 0 Å². The number of hydrogen-bond acceptors (Lipinski definition) is 1. The number of fused-ring (bicyclic) bond motifs is 1. The molecule has 3 heterocycles. The van der Waals surface area contributed by atoms with Crippen LogP contribution in [0.1, 0.15) is 16.2 Å². The van der Waals surface area contributed by atoms with Crippen molar-refractivity contribution in [2.75, 3.05) is 0 Å². The van der Waals surface area contributed by atoms with Gasteiger partial charge in [0.1, 0.15) is 5.82 Å². The predicted octanol–water partition coefficient (Wildman–Crippen LogP) is 2.12. The number of rotatable bonds is 2. The van der Waals surface area contributed by atoms with Gasteiger partial charge >= 0.3 is 0 Å². The van der Waals surface area contributed by atoms with Gasteiger partial charge in [-0.25, -0.2) is 0 Å². The molecule has 15 heavy (non-hydrogen) atoms. The smallest absolute Gasteiger partial charge is 0.166 e. The first-order valence-electron chi connectivity index (χ1n) is 4.89. The van der Waals surface area contributed by atoms with Crippen LogP contribution in [-0.4, -0.2) is 15.4 Å². The Labute approximate surface area is 87.3 Å². The highest BCUT2D eigenvalue weighted by atomic mass is 16.1. The highest BCUT2D eigenvalue weighted by molar-refractivity contribution is 5.73. The van der Waals surface area contributed by atoms with Gasteiger partial charge in [0.25, 0.3) is 0 Å². The van der Waals surface area contributed by atoms with Crippen LogP contribution in [-0.2, 0) is 6.54 Å². The Kier molecular flexibility index (Phi) is 1.65. The Hall–Kier alpha value is -2.03. The fourth-order valence-electron chi connectivity index (χ4n) is 2.00. The molecule has 0 saturated carbocycles. The van der Waals surface area contributed by atoms with E-state index in [1.165, 1.54) is 5.69 Å². The first-order valence-corrected chi connectivity index (χ1v) is 4.89. The van der Waals surface area contributed by atoms with Gasteiger partial charge in [0.15, 0.2) is 6.29 Å². The van der Waals surface area contributed by atoms with E-state index >= 15 is 0 Å². The van der Waals surface area contributed by atoms with Gasteiger partial charge in [-0.15, -0.1) is 0 Å². The van der Waals surface area contributed by atoms with Gasteiger partial charge in [0.2, 0.25) is 0 Å². The Balaban J connectivity index is 2.18. The number of aromatic nitrogens is 2. The Morgan fingerprint density at radius 2 is 2.20 bits per heavy atom. The van der Waals surface area contributed by atoms with E-state index in [-0.39, 0.29) is 0 Å². The van der Waals surface area contributed by atoms with E-state index in [1.807, 2.05) is 29.0 Å². The van der Waals surface area contributed by atoms with Gasteiger partial charge in [-0.05, 0) is 30.3 Å². The zero-order chi connectivity index (χ0) is 10.3. The van der Waals surface area contributed by atoms with E-state index in [1.54, 1.807) is 0 Å². The summed E-state index contributed by atoms with van der Waals surface area (Å²) >= 11 is 0. The summed E-state index contributed by atoms with van der Waals surface area (Å²) in [4.78, 5) is 10.8. The zero-order valence-corrected chi connectivity index (χ0v) is 8.13. The van der Waals surface area contributed by atoms with Crippen molar-refractivity contribution in [2.24, 2.45) is 0 Å². The molecule has 3 rings (SSSR count). The molecule has 0 atom stereocenters. The summed E-state index contributed by atoms with van der Waals surface area (Å²) in [5.74, 6) is 1.04. The molecule has 0 unspecified atom stereocenters. The van der Waals surface area contributed by atoms with E-state index in [2.05, 4.69) is 22.8 Å². The summed E-state index contributed by atoms with van der Waals surface area (Å²) < 4.78 is 4.08. The zero-order valence-electron chi connectivity index (χ0n) is 8.13. The molecule has 0 amide bonds.